The first-order valence-electron chi connectivity index (χ1n) is 8.15. The van der Waals surface area contributed by atoms with Gasteiger partial charge in [0.25, 0.3) is 0 Å². The second-order valence-electron chi connectivity index (χ2n) is 5.95. The Morgan fingerprint density at radius 2 is 2.12 bits per heavy atom. The lowest BCUT2D eigenvalue weighted by atomic mass is 10.1. The minimum atomic E-state index is -0.940. The van der Waals surface area contributed by atoms with Crippen LogP contribution >= 0.6 is 0 Å². The van der Waals surface area contributed by atoms with Crippen LogP contribution in [0.4, 0.5) is 13.6 Å². The molecule has 0 radical (unpaired) electrons. The first kappa shape index (κ1) is 17.8. The van der Waals surface area contributed by atoms with Crippen LogP contribution < -0.4 is 5.32 Å². The predicted molar refractivity (Wildman–Crippen MR) is 90.0 cm³/mol. The van der Waals surface area contributed by atoms with Crippen LogP contribution in [0.1, 0.15) is 22.8 Å². The van der Waals surface area contributed by atoms with E-state index in [0.29, 0.717) is 30.8 Å². The number of amides is 2. The summed E-state index contributed by atoms with van der Waals surface area (Å²) in [6, 6.07) is 12.4. The molecule has 0 saturated carbocycles. The minimum absolute atomic E-state index is 0.245. The summed E-state index contributed by atoms with van der Waals surface area (Å²) in [6.45, 7) is 1.25. The molecule has 5 nitrogen and oxygen atoms in total. The van der Waals surface area contributed by atoms with E-state index in [0.717, 1.165) is 17.7 Å². The highest BCUT2D eigenvalue weighted by Crippen LogP contribution is 2.23. The van der Waals surface area contributed by atoms with Gasteiger partial charge < -0.3 is 15.0 Å². The summed E-state index contributed by atoms with van der Waals surface area (Å²) in [5.74, 6) is -1.86. The SMILES string of the molecule is N#Cc1cccc(CNC(=O)N2CCOC(c3ccc(F)c(F)c3)C2)c1. The lowest BCUT2D eigenvalue weighted by Crippen LogP contribution is -2.47. The van der Waals surface area contributed by atoms with E-state index >= 15 is 0 Å². The highest BCUT2D eigenvalue weighted by molar-refractivity contribution is 5.74. The molecule has 1 saturated heterocycles. The molecule has 1 N–H and O–H groups in total. The smallest absolute Gasteiger partial charge is 0.317 e. The van der Waals surface area contributed by atoms with E-state index in [1.807, 2.05) is 6.07 Å². The summed E-state index contributed by atoms with van der Waals surface area (Å²) in [5, 5.41) is 11.7. The topological polar surface area (TPSA) is 65.4 Å². The van der Waals surface area contributed by atoms with Gasteiger partial charge in [0.05, 0.1) is 24.8 Å². The van der Waals surface area contributed by atoms with Gasteiger partial charge in [0.2, 0.25) is 0 Å². The first-order chi connectivity index (χ1) is 12.6. The van der Waals surface area contributed by atoms with E-state index in [1.165, 1.54) is 6.07 Å². The highest BCUT2D eigenvalue weighted by Gasteiger charge is 2.26. The maximum Gasteiger partial charge on any atom is 0.317 e. The Bertz CT molecular complexity index is 851. The third-order valence-corrected chi connectivity index (χ3v) is 4.17. The lowest BCUT2D eigenvalue weighted by molar-refractivity contribution is -0.0156. The van der Waals surface area contributed by atoms with Gasteiger partial charge in [-0.1, -0.05) is 18.2 Å². The van der Waals surface area contributed by atoms with Crippen LogP contribution in [0.3, 0.4) is 0 Å². The molecule has 134 valence electrons. The monoisotopic (exact) mass is 357 g/mol. The van der Waals surface area contributed by atoms with Gasteiger partial charge in [-0.15, -0.1) is 0 Å². The molecule has 1 aliphatic rings. The molecule has 2 aromatic carbocycles. The van der Waals surface area contributed by atoms with E-state index in [4.69, 9.17) is 10.00 Å². The van der Waals surface area contributed by atoms with E-state index in [-0.39, 0.29) is 12.6 Å². The number of carbonyl (C=O) groups is 1. The Balaban J connectivity index is 1.60. The van der Waals surface area contributed by atoms with Crippen LogP contribution in [0.5, 0.6) is 0 Å². The van der Waals surface area contributed by atoms with Crippen LogP contribution in [0.15, 0.2) is 42.5 Å². The van der Waals surface area contributed by atoms with Crippen molar-refractivity contribution in [2.45, 2.75) is 12.6 Å². The number of carbonyl (C=O) groups excluding carboxylic acids is 1. The molecule has 0 aliphatic carbocycles. The molecule has 0 aromatic heterocycles. The number of benzene rings is 2. The van der Waals surface area contributed by atoms with Crippen molar-refractivity contribution < 1.29 is 18.3 Å². The summed E-state index contributed by atoms with van der Waals surface area (Å²) in [7, 11) is 0. The third-order valence-electron chi connectivity index (χ3n) is 4.17. The van der Waals surface area contributed by atoms with Gasteiger partial charge in [-0.2, -0.15) is 5.26 Å². The number of hydrogen-bond donors (Lipinski definition) is 1. The zero-order valence-corrected chi connectivity index (χ0v) is 13.9. The molecule has 1 heterocycles. The number of halogens is 2. The van der Waals surface area contributed by atoms with Crippen LogP contribution in [0, 0.1) is 23.0 Å². The quantitative estimate of drug-likeness (QED) is 0.918. The Labute approximate surface area is 149 Å². The van der Waals surface area contributed by atoms with Crippen molar-refractivity contribution in [2.24, 2.45) is 0 Å². The van der Waals surface area contributed by atoms with Crippen molar-refractivity contribution in [1.29, 1.82) is 5.26 Å². The average Bonchev–Trinajstić information content (AvgIpc) is 2.68. The Morgan fingerprint density at radius 1 is 1.27 bits per heavy atom. The molecule has 0 spiro atoms. The fraction of sp³-hybridized carbons (Fsp3) is 0.263. The van der Waals surface area contributed by atoms with Gasteiger partial charge in [0, 0.05) is 13.1 Å². The third kappa shape index (κ3) is 4.16. The lowest BCUT2D eigenvalue weighted by Gasteiger charge is -2.33. The van der Waals surface area contributed by atoms with Gasteiger partial charge in [-0.3, -0.25) is 0 Å². The van der Waals surface area contributed by atoms with Crippen LogP contribution in [-0.2, 0) is 11.3 Å². The summed E-state index contributed by atoms with van der Waals surface area (Å²) in [5.41, 5.74) is 1.84. The molecule has 7 heteroatoms. The number of nitrogens with zero attached hydrogens (tertiary/aromatic N) is 2. The predicted octanol–water partition coefficient (Wildman–Crippen LogP) is 3.12. The number of urea groups is 1. The molecule has 2 aromatic rings. The maximum absolute atomic E-state index is 13.4. The first-order valence-corrected chi connectivity index (χ1v) is 8.15. The Morgan fingerprint density at radius 3 is 2.88 bits per heavy atom. The molecule has 2 amide bonds. The normalized spacial score (nSPS) is 16.8. The molecular weight excluding hydrogens is 340 g/mol. The van der Waals surface area contributed by atoms with Crippen molar-refractivity contribution in [3.63, 3.8) is 0 Å². The van der Waals surface area contributed by atoms with Crippen LogP contribution in [-0.4, -0.2) is 30.6 Å². The number of ether oxygens (including phenoxy) is 1. The molecule has 1 atom stereocenters. The Hall–Kier alpha value is -2.98. The van der Waals surface area contributed by atoms with E-state index in [2.05, 4.69) is 11.4 Å². The number of nitrogens with one attached hydrogen (secondary N) is 1. The van der Waals surface area contributed by atoms with Crippen LogP contribution in [0.25, 0.3) is 0 Å². The molecule has 1 unspecified atom stereocenters. The van der Waals surface area contributed by atoms with E-state index in [1.54, 1.807) is 23.1 Å². The van der Waals surface area contributed by atoms with Crippen LogP contribution in [0.2, 0.25) is 0 Å². The number of morpholine rings is 1. The average molecular weight is 357 g/mol. The largest absolute Gasteiger partial charge is 0.370 e. The summed E-state index contributed by atoms with van der Waals surface area (Å²) >= 11 is 0. The molecule has 1 fully saturated rings. The van der Waals surface area contributed by atoms with Gasteiger partial charge in [0.1, 0.15) is 6.10 Å². The van der Waals surface area contributed by atoms with E-state index < -0.39 is 17.7 Å². The van der Waals surface area contributed by atoms with Gasteiger partial charge in [0.15, 0.2) is 11.6 Å². The van der Waals surface area contributed by atoms with Crippen molar-refractivity contribution in [1.82, 2.24) is 10.2 Å². The zero-order chi connectivity index (χ0) is 18.5. The maximum atomic E-state index is 13.4. The van der Waals surface area contributed by atoms with E-state index in [9.17, 15) is 13.6 Å². The zero-order valence-electron chi connectivity index (χ0n) is 13.9. The second kappa shape index (κ2) is 7.93. The number of hydrogen-bond acceptors (Lipinski definition) is 3. The second-order valence-corrected chi connectivity index (χ2v) is 5.95. The van der Waals surface area contributed by atoms with Gasteiger partial charge >= 0.3 is 6.03 Å². The van der Waals surface area contributed by atoms with Crippen molar-refractivity contribution in [3.05, 3.63) is 70.8 Å². The number of nitriles is 1. The van der Waals surface area contributed by atoms with Gasteiger partial charge in [-0.25, -0.2) is 13.6 Å². The van der Waals surface area contributed by atoms with Crippen molar-refractivity contribution >= 4 is 6.03 Å². The minimum Gasteiger partial charge on any atom is -0.370 e. The molecule has 26 heavy (non-hydrogen) atoms. The fourth-order valence-electron chi connectivity index (χ4n) is 2.79. The van der Waals surface area contributed by atoms with Crippen molar-refractivity contribution in [2.75, 3.05) is 19.7 Å². The Kier molecular flexibility index (Phi) is 5.44. The number of rotatable bonds is 3. The van der Waals surface area contributed by atoms with Crippen molar-refractivity contribution in [3.8, 4) is 6.07 Å². The summed E-state index contributed by atoms with van der Waals surface area (Å²) in [6.07, 6.45) is -0.508. The summed E-state index contributed by atoms with van der Waals surface area (Å²) < 4.78 is 32.1. The fourth-order valence-corrected chi connectivity index (χ4v) is 2.79. The molecule has 1 aliphatic heterocycles. The molecular formula is C19H17F2N3O2. The summed E-state index contributed by atoms with van der Waals surface area (Å²) in [4.78, 5) is 14.0. The molecule has 3 rings (SSSR count). The molecule has 0 bridgehead atoms. The van der Waals surface area contributed by atoms with Gasteiger partial charge in [-0.05, 0) is 35.4 Å². The standard InChI is InChI=1S/C19H17F2N3O2/c20-16-5-4-15(9-17(16)21)18-12-24(6-7-26-18)19(25)23-11-14-3-1-2-13(8-14)10-22/h1-5,8-9,18H,6-7,11-12H2,(H,23,25). The highest BCUT2D eigenvalue weighted by atomic mass is 19.2.